The van der Waals surface area contributed by atoms with Crippen molar-refractivity contribution in [2.75, 3.05) is 12.3 Å². The molecule has 8 heteroatoms. The fourth-order valence-electron chi connectivity index (χ4n) is 2.32. The summed E-state index contributed by atoms with van der Waals surface area (Å²) >= 11 is 0. The van der Waals surface area contributed by atoms with Crippen LogP contribution in [-0.4, -0.2) is 26.9 Å². The zero-order valence-corrected chi connectivity index (χ0v) is 14.2. The smallest absolute Gasteiger partial charge is 0.214 e. The molecule has 25 heavy (non-hydrogen) atoms. The first-order valence-corrected chi connectivity index (χ1v) is 9.11. The molecule has 0 spiro atoms. The van der Waals surface area contributed by atoms with Gasteiger partial charge in [0.15, 0.2) is 5.75 Å². The molecule has 1 N–H and O–H groups in total. The van der Waals surface area contributed by atoms with Crippen LogP contribution in [0.5, 0.6) is 0 Å². The van der Waals surface area contributed by atoms with E-state index in [1.165, 1.54) is 6.07 Å². The average Bonchev–Trinajstić information content (AvgIpc) is 2.51. The van der Waals surface area contributed by atoms with Crippen LogP contribution >= 0.6 is 0 Å². The third-order valence-electron chi connectivity index (χ3n) is 3.63. The fourth-order valence-corrected chi connectivity index (χ4v) is 3.36. The molecule has 1 atom stereocenters. The lowest BCUT2D eigenvalue weighted by molar-refractivity contribution is -0.106. The van der Waals surface area contributed by atoms with Crippen molar-refractivity contribution in [1.82, 2.24) is 4.72 Å². The van der Waals surface area contributed by atoms with Crippen molar-refractivity contribution in [3.05, 3.63) is 59.9 Å². The number of sulfonamides is 1. The number of benzene rings is 2. The summed E-state index contributed by atoms with van der Waals surface area (Å²) in [5.74, 6) is -2.60. The van der Waals surface area contributed by atoms with Gasteiger partial charge in [0.1, 0.15) is 5.82 Å². The van der Waals surface area contributed by atoms with Crippen LogP contribution in [0.1, 0.15) is 18.4 Å². The second-order valence-electron chi connectivity index (χ2n) is 5.73. The molecular weight excluding hydrogens is 358 g/mol. The maximum atomic E-state index is 13.8. The second kappa shape index (κ2) is 7.53. The number of halogens is 4. The minimum atomic E-state index is -4.78. The summed E-state index contributed by atoms with van der Waals surface area (Å²) in [6.07, 6.45) is -4.78. The molecule has 0 aromatic heterocycles. The standard InChI is InChI=1S/C17H17F4NO2S/c1-12(10-22-25(23,24)11-17(19,20)21)13-6-8-14(9-7-13)15-4-2-3-5-16(15)18/h2-9,12,22H,10-11H2,1H3. The zero-order chi connectivity index (χ0) is 18.7. The third kappa shape index (κ3) is 5.82. The molecule has 0 amide bonds. The van der Waals surface area contributed by atoms with Crippen LogP contribution in [0.2, 0.25) is 0 Å². The quantitative estimate of drug-likeness (QED) is 0.774. The first kappa shape index (κ1) is 19.4. The summed E-state index contributed by atoms with van der Waals surface area (Å²) in [6.45, 7) is 1.53. The Morgan fingerprint density at radius 3 is 2.20 bits per heavy atom. The number of hydrogen-bond donors (Lipinski definition) is 1. The highest BCUT2D eigenvalue weighted by molar-refractivity contribution is 7.89. The molecule has 0 aliphatic rings. The Morgan fingerprint density at radius 2 is 1.64 bits per heavy atom. The van der Waals surface area contributed by atoms with E-state index < -0.39 is 22.0 Å². The second-order valence-corrected chi connectivity index (χ2v) is 7.53. The van der Waals surface area contributed by atoms with Gasteiger partial charge in [-0.3, -0.25) is 0 Å². The first-order valence-electron chi connectivity index (χ1n) is 7.46. The van der Waals surface area contributed by atoms with Gasteiger partial charge in [0.2, 0.25) is 10.0 Å². The third-order valence-corrected chi connectivity index (χ3v) is 4.94. The van der Waals surface area contributed by atoms with Crippen LogP contribution in [0.4, 0.5) is 17.6 Å². The van der Waals surface area contributed by atoms with E-state index in [4.69, 9.17) is 0 Å². The maximum Gasteiger partial charge on any atom is 0.404 e. The molecule has 0 saturated heterocycles. The van der Waals surface area contributed by atoms with E-state index >= 15 is 0 Å². The Hall–Kier alpha value is -1.93. The summed E-state index contributed by atoms with van der Waals surface area (Å²) in [5, 5.41) is 0. The molecule has 0 aliphatic heterocycles. The summed E-state index contributed by atoms with van der Waals surface area (Å²) in [5.41, 5.74) is 1.83. The van der Waals surface area contributed by atoms with Gasteiger partial charge in [-0.2, -0.15) is 13.2 Å². The number of hydrogen-bond acceptors (Lipinski definition) is 2. The Kier molecular flexibility index (Phi) is 5.84. The molecule has 0 radical (unpaired) electrons. The van der Waals surface area contributed by atoms with Gasteiger partial charge in [0.25, 0.3) is 0 Å². The van der Waals surface area contributed by atoms with Crippen molar-refractivity contribution in [2.45, 2.75) is 19.0 Å². The van der Waals surface area contributed by atoms with Gasteiger partial charge in [-0.1, -0.05) is 49.4 Å². The molecule has 136 valence electrons. The number of alkyl halides is 3. The Morgan fingerprint density at radius 1 is 1.04 bits per heavy atom. The van der Waals surface area contributed by atoms with Crippen molar-refractivity contribution in [1.29, 1.82) is 0 Å². The predicted molar refractivity (Wildman–Crippen MR) is 88.1 cm³/mol. The number of nitrogens with one attached hydrogen (secondary N) is 1. The minimum absolute atomic E-state index is 0.155. The highest BCUT2D eigenvalue weighted by Gasteiger charge is 2.35. The Bertz CT molecular complexity index is 817. The highest BCUT2D eigenvalue weighted by Crippen LogP contribution is 2.25. The van der Waals surface area contributed by atoms with Crippen LogP contribution in [-0.2, 0) is 10.0 Å². The molecule has 0 bridgehead atoms. The molecule has 1 unspecified atom stereocenters. The van der Waals surface area contributed by atoms with E-state index in [2.05, 4.69) is 0 Å². The van der Waals surface area contributed by atoms with E-state index in [1.807, 2.05) is 4.72 Å². The molecule has 2 aromatic rings. The van der Waals surface area contributed by atoms with Crippen LogP contribution in [0.25, 0.3) is 11.1 Å². The van der Waals surface area contributed by atoms with Crippen LogP contribution in [0.3, 0.4) is 0 Å². The van der Waals surface area contributed by atoms with Gasteiger partial charge >= 0.3 is 6.18 Å². The van der Waals surface area contributed by atoms with Gasteiger partial charge < -0.3 is 0 Å². The lowest BCUT2D eigenvalue weighted by atomic mass is 9.97. The van der Waals surface area contributed by atoms with Gasteiger partial charge in [-0.05, 0) is 23.1 Å². The van der Waals surface area contributed by atoms with E-state index in [0.29, 0.717) is 11.1 Å². The summed E-state index contributed by atoms with van der Waals surface area (Å²) in [4.78, 5) is 0. The number of rotatable bonds is 6. The van der Waals surface area contributed by atoms with E-state index in [0.717, 1.165) is 5.56 Å². The SMILES string of the molecule is CC(CNS(=O)(=O)CC(F)(F)F)c1ccc(-c2ccccc2F)cc1. The summed E-state index contributed by atoms with van der Waals surface area (Å²) in [7, 11) is -4.42. The average molecular weight is 375 g/mol. The predicted octanol–water partition coefficient (Wildman–Crippen LogP) is 4.08. The molecule has 0 aliphatic carbocycles. The van der Waals surface area contributed by atoms with E-state index in [-0.39, 0.29) is 18.3 Å². The molecule has 3 nitrogen and oxygen atoms in total. The van der Waals surface area contributed by atoms with E-state index in [9.17, 15) is 26.0 Å². The van der Waals surface area contributed by atoms with E-state index in [1.54, 1.807) is 49.4 Å². The highest BCUT2D eigenvalue weighted by atomic mass is 32.2. The van der Waals surface area contributed by atoms with Crippen LogP contribution in [0.15, 0.2) is 48.5 Å². The lowest BCUT2D eigenvalue weighted by Crippen LogP contribution is -2.35. The fraction of sp³-hybridized carbons (Fsp3) is 0.294. The summed E-state index contributed by atoms with van der Waals surface area (Å²) < 4.78 is 75.0. The normalized spacial score (nSPS) is 13.6. The van der Waals surface area contributed by atoms with Crippen molar-refractivity contribution >= 4 is 10.0 Å². The molecule has 0 fully saturated rings. The van der Waals surface area contributed by atoms with Crippen LogP contribution < -0.4 is 4.72 Å². The molecule has 0 heterocycles. The van der Waals surface area contributed by atoms with Crippen molar-refractivity contribution in [3.63, 3.8) is 0 Å². The van der Waals surface area contributed by atoms with Gasteiger partial charge in [-0.15, -0.1) is 0 Å². The zero-order valence-electron chi connectivity index (χ0n) is 13.3. The summed E-state index contributed by atoms with van der Waals surface area (Å²) in [6, 6.07) is 13.1. The molecular formula is C17H17F4NO2S. The molecule has 2 aromatic carbocycles. The first-order chi connectivity index (χ1) is 11.6. The monoisotopic (exact) mass is 375 g/mol. The van der Waals surface area contributed by atoms with Crippen LogP contribution in [0, 0.1) is 5.82 Å². The lowest BCUT2D eigenvalue weighted by Gasteiger charge is -2.15. The van der Waals surface area contributed by atoms with Gasteiger partial charge in [0.05, 0.1) is 0 Å². The van der Waals surface area contributed by atoms with Crippen molar-refractivity contribution in [2.24, 2.45) is 0 Å². The molecule has 0 saturated carbocycles. The van der Waals surface area contributed by atoms with Gasteiger partial charge in [0, 0.05) is 12.1 Å². The topological polar surface area (TPSA) is 46.2 Å². The van der Waals surface area contributed by atoms with Gasteiger partial charge in [-0.25, -0.2) is 17.5 Å². The molecule has 2 rings (SSSR count). The Labute approximate surface area is 143 Å². The largest absolute Gasteiger partial charge is 0.404 e. The van der Waals surface area contributed by atoms with Crippen molar-refractivity contribution < 1.29 is 26.0 Å². The maximum absolute atomic E-state index is 13.8. The minimum Gasteiger partial charge on any atom is -0.214 e. The van der Waals surface area contributed by atoms with Crippen molar-refractivity contribution in [3.8, 4) is 11.1 Å². The Balaban J connectivity index is 2.04.